The Hall–Kier alpha value is -2.30. The highest BCUT2D eigenvalue weighted by Crippen LogP contribution is 2.26. The Balaban J connectivity index is 2.62. The molecule has 5 heteroatoms. The summed E-state index contributed by atoms with van der Waals surface area (Å²) in [6, 6.07) is 4.94. The molecular weight excluding hydrogens is 220 g/mol. The molecule has 1 N–H and O–H groups in total. The Labute approximate surface area is 98.3 Å². The van der Waals surface area contributed by atoms with Gasteiger partial charge < -0.3 is 14.4 Å². The molecule has 0 radical (unpaired) electrons. The Kier molecular flexibility index (Phi) is 3.09. The average Bonchev–Trinajstić information content (AvgIpc) is 2.82. The third-order valence-electron chi connectivity index (χ3n) is 2.29. The van der Waals surface area contributed by atoms with E-state index < -0.39 is 5.97 Å². The van der Waals surface area contributed by atoms with E-state index in [1.54, 1.807) is 41.5 Å². The van der Waals surface area contributed by atoms with Crippen molar-refractivity contribution in [2.45, 2.75) is 6.92 Å². The number of para-hydroxylation sites is 1. The number of carboxylic acids is 1. The minimum Gasteiger partial charge on any atom is -0.492 e. The van der Waals surface area contributed by atoms with Crippen molar-refractivity contribution in [3.8, 4) is 11.4 Å². The van der Waals surface area contributed by atoms with E-state index in [1.807, 2.05) is 6.92 Å². The molecule has 1 aromatic carbocycles. The molecule has 1 aromatic heterocycles. The second-order valence-corrected chi connectivity index (χ2v) is 3.36. The topological polar surface area (TPSA) is 64.3 Å². The van der Waals surface area contributed by atoms with Crippen molar-refractivity contribution in [2.75, 3.05) is 6.61 Å². The molecule has 0 spiro atoms. The predicted molar refractivity (Wildman–Crippen MR) is 61.7 cm³/mol. The van der Waals surface area contributed by atoms with Gasteiger partial charge >= 0.3 is 5.97 Å². The molecule has 0 bridgehead atoms. The zero-order valence-corrected chi connectivity index (χ0v) is 9.33. The van der Waals surface area contributed by atoms with E-state index in [4.69, 9.17) is 9.84 Å². The average molecular weight is 232 g/mol. The second-order valence-electron chi connectivity index (χ2n) is 3.36. The van der Waals surface area contributed by atoms with Crippen LogP contribution in [0.5, 0.6) is 5.75 Å². The molecule has 5 nitrogen and oxygen atoms in total. The van der Waals surface area contributed by atoms with E-state index >= 15 is 0 Å². The molecule has 88 valence electrons. The fourth-order valence-corrected chi connectivity index (χ4v) is 1.62. The highest BCUT2D eigenvalue weighted by atomic mass is 16.5. The first-order valence-corrected chi connectivity index (χ1v) is 5.21. The van der Waals surface area contributed by atoms with Gasteiger partial charge in [0.2, 0.25) is 0 Å². The number of hydrogen-bond donors (Lipinski definition) is 1. The molecule has 0 saturated heterocycles. The maximum absolute atomic E-state index is 11.2. The maximum Gasteiger partial charge on any atom is 0.337 e. The summed E-state index contributed by atoms with van der Waals surface area (Å²) >= 11 is 0. The van der Waals surface area contributed by atoms with Gasteiger partial charge in [0.05, 0.1) is 18.5 Å². The highest BCUT2D eigenvalue weighted by Gasteiger charge is 2.16. The van der Waals surface area contributed by atoms with Crippen LogP contribution >= 0.6 is 0 Å². The van der Waals surface area contributed by atoms with Crippen molar-refractivity contribution in [1.82, 2.24) is 9.55 Å². The Morgan fingerprint density at radius 3 is 2.94 bits per heavy atom. The molecule has 0 aliphatic carbocycles. The molecule has 17 heavy (non-hydrogen) atoms. The van der Waals surface area contributed by atoms with Crippen LogP contribution in [0.3, 0.4) is 0 Å². The van der Waals surface area contributed by atoms with Gasteiger partial charge in [-0.15, -0.1) is 0 Å². The van der Waals surface area contributed by atoms with Gasteiger partial charge in [-0.05, 0) is 19.1 Å². The van der Waals surface area contributed by atoms with Crippen LogP contribution in [0, 0.1) is 0 Å². The van der Waals surface area contributed by atoms with Gasteiger partial charge in [0, 0.05) is 12.4 Å². The molecule has 0 unspecified atom stereocenters. The number of benzene rings is 1. The van der Waals surface area contributed by atoms with Crippen molar-refractivity contribution in [1.29, 1.82) is 0 Å². The van der Waals surface area contributed by atoms with Crippen LogP contribution in [0.1, 0.15) is 17.3 Å². The van der Waals surface area contributed by atoms with Crippen LogP contribution < -0.4 is 4.74 Å². The molecule has 0 atom stereocenters. The van der Waals surface area contributed by atoms with Crippen molar-refractivity contribution in [3.05, 3.63) is 42.5 Å². The number of carbonyl (C=O) groups is 1. The van der Waals surface area contributed by atoms with Crippen molar-refractivity contribution >= 4 is 5.97 Å². The van der Waals surface area contributed by atoms with E-state index in [-0.39, 0.29) is 5.56 Å². The molecule has 0 saturated carbocycles. The van der Waals surface area contributed by atoms with Gasteiger partial charge in [0.1, 0.15) is 11.4 Å². The summed E-state index contributed by atoms with van der Waals surface area (Å²) in [5.41, 5.74) is 0.688. The number of rotatable bonds is 4. The fourth-order valence-electron chi connectivity index (χ4n) is 1.62. The van der Waals surface area contributed by atoms with Crippen LogP contribution in [-0.4, -0.2) is 27.2 Å². The van der Waals surface area contributed by atoms with E-state index in [0.29, 0.717) is 18.0 Å². The summed E-state index contributed by atoms with van der Waals surface area (Å²) in [5.74, 6) is -0.458. The normalized spacial score (nSPS) is 10.2. The van der Waals surface area contributed by atoms with Gasteiger partial charge in [-0.1, -0.05) is 6.07 Å². The van der Waals surface area contributed by atoms with E-state index in [0.717, 1.165) is 0 Å². The summed E-state index contributed by atoms with van der Waals surface area (Å²) < 4.78 is 7.07. The number of carboxylic acid groups (broad SMARTS) is 1. The number of imidazole rings is 1. The zero-order chi connectivity index (χ0) is 12.3. The highest BCUT2D eigenvalue weighted by molar-refractivity contribution is 5.93. The zero-order valence-electron chi connectivity index (χ0n) is 9.33. The van der Waals surface area contributed by atoms with Crippen LogP contribution in [0.4, 0.5) is 0 Å². The fraction of sp³-hybridized carbons (Fsp3) is 0.167. The van der Waals surface area contributed by atoms with Gasteiger partial charge in [0.15, 0.2) is 0 Å². The van der Waals surface area contributed by atoms with Gasteiger partial charge in [0.25, 0.3) is 0 Å². The van der Waals surface area contributed by atoms with Crippen molar-refractivity contribution < 1.29 is 14.6 Å². The minimum absolute atomic E-state index is 0.189. The van der Waals surface area contributed by atoms with Crippen molar-refractivity contribution in [3.63, 3.8) is 0 Å². The quantitative estimate of drug-likeness (QED) is 0.875. The van der Waals surface area contributed by atoms with Crippen molar-refractivity contribution in [2.24, 2.45) is 0 Å². The lowest BCUT2D eigenvalue weighted by molar-refractivity contribution is 0.0696. The number of ether oxygens (including phenoxy) is 1. The van der Waals surface area contributed by atoms with Gasteiger partial charge in [-0.3, -0.25) is 0 Å². The lowest BCUT2D eigenvalue weighted by Gasteiger charge is -2.13. The Morgan fingerprint density at radius 2 is 2.35 bits per heavy atom. The first-order valence-electron chi connectivity index (χ1n) is 5.21. The number of aromatic carboxylic acids is 1. The molecule has 0 fully saturated rings. The Morgan fingerprint density at radius 1 is 1.53 bits per heavy atom. The molecule has 1 heterocycles. The largest absolute Gasteiger partial charge is 0.492 e. The molecule has 2 rings (SSSR count). The SMILES string of the molecule is CCOc1cccc(C(=O)O)c1-n1ccnc1. The third kappa shape index (κ3) is 2.13. The molecule has 0 amide bonds. The summed E-state index contributed by atoms with van der Waals surface area (Å²) in [7, 11) is 0. The second kappa shape index (κ2) is 4.69. The lowest BCUT2D eigenvalue weighted by Crippen LogP contribution is -2.07. The maximum atomic E-state index is 11.2. The smallest absolute Gasteiger partial charge is 0.337 e. The summed E-state index contributed by atoms with van der Waals surface area (Å²) in [5, 5.41) is 9.17. The van der Waals surface area contributed by atoms with Crippen LogP contribution in [0.2, 0.25) is 0 Å². The van der Waals surface area contributed by atoms with E-state index in [1.165, 1.54) is 0 Å². The summed E-state index contributed by atoms with van der Waals surface area (Å²) in [6.07, 6.45) is 4.82. The van der Waals surface area contributed by atoms with Crippen LogP contribution in [0.15, 0.2) is 36.9 Å². The first kappa shape index (κ1) is 11.2. The van der Waals surface area contributed by atoms with E-state index in [2.05, 4.69) is 4.98 Å². The predicted octanol–water partition coefficient (Wildman–Crippen LogP) is 1.97. The molecular formula is C12H12N2O3. The molecule has 0 aliphatic rings. The number of aromatic nitrogens is 2. The molecule has 2 aromatic rings. The monoisotopic (exact) mass is 232 g/mol. The summed E-state index contributed by atoms with van der Waals surface area (Å²) in [6.45, 7) is 2.33. The minimum atomic E-state index is -0.991. The number of nitrogens with zero attached hydrogens (tertiary/aromatic N) is 2. The van der Waals surface area contributed by atoms with E-state index in [9.17, 15) is 4.79 Å². The molecule has 0 aliphatic heterocycles. The van der Waals surface area contributed by atoms with Crippen LogP contribution in [0.25, 0.3) is 5.69 Å². The third-order valence-corrected chi connectivity index (χ3v) is 2.29. The number of hydrogen-bond acceptors (Lipinski definition) is 3. The van der Waals surface area contributed by atoms with Gasteiger partial charge in [-0.25, -0.2) is 9.78 Å². The Bertz CT molecular complexity index is 521. The lowest BCUT2D eigenvalue weighted by atomic mass is 10.1. The first-order chi connectivity index (χ1) is 8.24. The van der Waals surface area contributed by atoms with Crippen LogP contribution in [-0.2, 0) is 0 Å². The summed E-state index contributed by atoms with van der Waals surface area (Å²) in [4.78, 5) is 15.1. The standard InChI is InChI=1S/C12H12N2O3/c1-2-17-10-5-3-4-9(12(15)16)11(10)14-7-6-13-8-14/h3-8H,2H2,1H3,(H,15,16). The van der Waals surface area contributed by atoms with Gasteiger partial charge in [-0.2, -0.15) is 0 Å².